The van der Waals surface area contributed by atoms with Crippen LogP contribution >= 0.6 is 0 Å². The number of urea groups is 1. The highest BCUT2D eigenvalue weighted by Gasteiger charge is 2.35. The first-order valence-electron chi connectivity index (χ1n) is 8.10. The normalized spacial score (nSPS) is 24.3. The smallest absolute Gasteiger partial charge is 0.315 e. The average molecular weight is 304 g/mol. The van der Waals surface area contributed by atoms with Crippen molar-refractivity contribution in [1.82, 2.24) is 10.6 Å². The maximum Gasteiger partial charge on any atom is 0.315 e. The van der Waals surface area contributed by atoms with E-state index < -0.39 is 5.60 Å². The third-order valence-electron chi connectivity index (χ3n) is 4.64. The van der Waals surface area contributed by atoms with Gasteiger partial charge in [-0.15, -0.1) is 0 Å². The Labute approximate surface area is 131 Å². The lowest BCUT2D eigenvalue weighted by Gasteiger charge is -2.36. The number of amides is 2. The number of ether oxygens (including phenoxy) is 1. The van der Waals surface area contributed by atoms with E-state index in [1.54, 1.807) is 0 Å². The molecule has 0 radical (unpaired) electrons. The Morgan fingerprint density at radius 1 is 1.32 bits per heavy atom. The van der Waals surface area contributed by atoms with E-state index in [2.05, 4.69) is 10.6 Å². The van der Waals surface area contributed by atoms with Crippen molar-refractivity contribution in [3.8, 4) is 0 Å². The van der Waals surface area contributed by atoms with E-state index in [0.29, 0.717) is 6.54 Å². The van der Waals surface area contributed by atoms with Gasteiger partial charge in [-0.1, -0.05) is 30.3 Å². The molecule has 1 saturated carbocycles. The Hall–Kier alpha value is -1.59. The maximum atomic E-state index is 12.2. The van der Waals surface area contributed by atoms with Crippen LogP contribution in [0.1, 0.15) is 43.7 Å². The summed E-state index contributed by atoms with van der Waals surface area (Å²) in [4.78, 5) is 12.2. The zero-order chi connectivity index (χ0) is 15.4. The quantitative estimate of drug-likeness (QED) is 0.780. The van der Waals surface area contributed by atoms with Gasteiger partial charge in [-0.05, 0) is 37.7 Å². The summed E-state index contributed by atoms with van der Waals surface area (Å²) in [7, 11) is 0. The van der Waals surface area contributed by atoms with Crippen molar-refractivity contribution in [2.45, 2.75) is 49.9 Å². The monoisotopic (exact) mass is 304 g/mol. The highest BCUT2D eigenvalue weighted by molar-refractivity contribution is 5.74. The van der Waals surface area contributed by atoms with Gasteiger partial charge in [0.1, 0.15) is 0 Å². The van der Waals surface area contributed by atoms with Gasteiger partial charge in [-0.3, -0.25) is 0 Å². The first kappa shape index (κ1) is 15.3. The highest BCUT2D eigenvalue weighted by Crippen LogP contribution is 2.30. The van der Waals surface area contributed by atoms with Crippen LogP contribution in [-0.4, -0.2) is 36.0 Å². The topological polar surface area (TPSA) is 70.6 Å². The fraction of sp³-hybridized carbons (Fsp3) is 0.588. The van der Waals surface area contributed by atoms with Crippen LogP contribution in [0.15, 0.2) is 30.3 Å². The molecule has 22 heavy (non-hydrogen) atoms. The minimum atomic E-state index is -0.705. The summed E-state index contributed by atoms with van der Waals surface area (Å²) in [5, 5.41) is 15.9. The van der Waals surface area contributed by atoms with Crippen molar-refractivity contribution in [2.75, 3.05) is 13.2 Å². The third-order valence-corrected chi connectivity index (χ3v) is 4.64. The second kappa shape index (κ2) is 6.67. The van der Waals surface area contributed by atoms with E-state index in [9.17, 15) is 9.90 Å². The summed E-state index contributed by atoms with van der Waals surface area (Å²) < 4.78 is 5.76. The second-order valence-electron chi connectivity index (χ2n) is 6.34. The van der Waals surface area contributed by atoms with Gasteiger partial charge >= 0.3 is 6.03 Å². The number of carbonyl (C=O) groups is 1. The molecule has 1 aliphatic carbocycles. The lowest BCUT2D eigenvalue weighted by atomic mass is 9.80. The SMILES string of the molecule is O=C(NCC1(O)CCC1)NC(c1ccccc1)C1CCCO1. The summed E-state index contributed by atoms with van der Waals surface area (Å²) in [5.41, 5.74) is 0.343. The van der Waals surface area contributed by atoms with Gasteiger partial charge in [0.15, 0.2) is 0 Å². The molecule has 1 saturated heterocycles. The number of nitrogens with one attached hydrogen (secondary N) is 2. The summed E-state index contributed by atoms with van der Waals surface area (Å²) in [6, 6.07) is 9.51. The van der Waals surface area contributed by atoms with Crippen molar-refractivity contribution < 1.29 is 14.6 Å². The van der Waals surface area contributed by atoms with E-state index in [0.717, 1.165) is 44.3 Å². The molecule has 3 rings (SSSR count). The second-order valence-corrected chi connectivity index (χ2v) is 6.34. The Morgan fingerprint density at radius 2 is 2.09 bits per heavy atom. The lowest BCUT2D eigenvalue weighted by molar-refractivity contribution is -0.0291. The Bertz CT molecular complexity index is 496. The average Bonchev–Trinajstić information content (AvgIpc) is 3.03. The maximum absolute atomic E-state index is 12.2. The Kier molecular flexibility index (Phi) is 4.64. The van der Waals surface area contributed by atoms with Gasteiger partial charge < -0.3 is 20.5 Å². The van der Waals surface area contributed by atoms with Crippen molar-refractivity contribution in [2.24, 2.45) is 0 Å². The first-order valence-corrected chi connectivity index (χ1v) is 8.10. The number of hydrogen-bond acceptors (Lipinski definition) is 3. The zero-order valence-corrected chi connectivity index (χ0v) is 12.8. The van der Waals surface area contributed by atoms with Crippen LogP contribution in [-0.2, 0) is 4.74 Å². The molecule has 5 nitrogen and oxygen atoms in total. The predicted molar refractivity (Wildman–Crippen MR) is 83.5 cm³/mol. The van der Waals surface area contributed by atoms with Crippen LogP contribution < -0.4 is 10.6 Å². The van der Waals surface area contributed by atoms with Crippen molar-refractivity contribution >= 4 is 6.03 Å². The summed E-state index contributed by atoms with van der Waals surface area (Å²) >= 11 is 0. The molecule has 120 valence electrons. The summed E-state index contributed by atoms with van der Waals surface area (Å²) in [5.74, 6) is 0. The van der Waals surface area contributed by atoms with E-state index in [1.165, 1.54) is 0 Å². The van der Waals surface area contributed by atoms with Crippen molar-refractivity contribution in [3.63, 3.8) is 0 Å². The molecule has 1 aromatic rings. The van der Waals surface area contributed by atoms with Gasteiger partial charge in [-0.25, -0.2) is 4.79 Å². The van der Waals surface area contributed by atoms with Crippen molar-refractivity contribution in [1.29, 1.82) is 0 Å². The fourth-order valence-electron chi connectivity index (χ4n) is 3.12. The van der Waals surface area contributed by atoms with Crippen LogP contribution in [0.3, 0.4) is 0 Å². The summed E-state index contributed by atoms with van der Waals surface area (Å²) in [6.07, 6.45) is 4.55. The molecule has 0 bridgehead atoms. The van der Waals surface area contributed by atoms with Crippen LogP contribution in [0.5, 0.6) is 0 Å². The number of rotatable bonds is 5. The van der Waals surface area contributed by atoms with Gasteiger partial charge in [0.2, 0.25) is 0 Å². The predicted octanol–water partition coefficient (Wildman–Crippen LogP) is 2.12. The largest absolute Gasteiger partial charge is 0.388 e. The number of hydrogen-bond donors (Lipinski definition) is 3. The molecule has 2 atom stereocenters. The van der Waals surface area contributed by atoms with Gasteiger partial charge in [0.05, 0.1) is 17.7 Å². The molecular formula is C17H24N2O3. The summed E-state index contributed by atoms with van der Waals surface area (Å²) in [6.45, 7) is 1.06. The lowest BCUT2D eigenvalue weighted by Crippen LogP contribution is -2.51. The standard InChI is InChI=1S/C17H24N2O3/c20-16(18-12-17(21)9-5-10-17)19-15(14-8-4-11-22-14)13-6-2-1-3-7-13/h1-3,6-7,14-15,21H,4-5,8-12H2,(H2,18,19,20). The molecule has 0 spiro atoms. The number of benzene rings is 1. The Balaban J connectivity index is 1.60. The minimum Gasteiger partial charge on any atom is -0.388 e. The molecule has 3 N–H and O–H groups in total. The molecular weight excluding hydrogens is 280 g/mol. The van der Waals surface area contributed by atoms with Gasteiger partial charge in [0.25, 0.3) is 0 Å². The number of carbonyl (C=O) groups excluding carboxylic acids is 1. The van der Waals surface area contributed by atoms with E-state index in [-0.39, 0.29) is 18.2 Å². The third kappa shape index (κ3) is 3.59. The zero-order valence-electron chi connectivity index (χ0n) is 12.8. The molecule has 2 fully saturated rings. The molecule has 0 aromatic heterocycles. The van der Waals surface area contributed by atoms with Gasteiger partial charge in [0, 0.05) is 13.2 Å². The van der Waals surface area contributed by atoms with Crippen LogP contribution in [0.25, 0.3) is 0 Å². The van der Waals surface area contributed by atoms with Gasteiger partial charge in [-0.2, -0.15) is 0 Å². The molecule has 2 unspecified atom stereocenters. The molecule has 1 aliphatic heterocycles. The van der Waals surface area contributed by atoms with Crippen LogP contribution in [0.2, 0.25) is 0 Å². The first-order chi connectivity index (χ1) is 10.7. The van der Waals surface area contributed by atoms with E-state index in [1.807, 2.05) is 30.3 Å². The molecule has 2 aliphatic rings. The molecule has 2 amide bonds. The molecule has 1 heterocycles. The minimum absolute atomic E-state index is 0.0138. The molecule has 1 aromatic carbocycles. The Morgan fingerprint density at radius 3 is 2.68 bits per heavy atom. The number of aliphatic hydroxyl groups is 1. The van der Waals surface area contributed by atoms with E-state index in [4.69, 9.17) is 4.74 Å². The van der Waals surface area contributed by atoms with E-state index >= 15 is 0 Å². The highest BCUT2D eigenvalue weighted by atomic mass is 16.5. The van der Waals surface area contributed by atoms with Crippen molar-refractivity contribution in [3.05, 3.63) is 35.9 Å². The van der Waals surface area contributed by atoms with Crippen LogP contribution in [0, 0.1) is 0 Å². The molecule has 5 heteroatoms. The van der Waals surface area contributed by atoms with Crippen LogP contribution in [0.4, 0.5) is 4.79 Å². The fourth-order valence-corrected chi connectivity index (χ4v) is 3.12.